The van der Waals surface area contributed by atoms with Crippen molar-refractivity contribution in [2.75, 3.05) is 5.32 Å². The van der Waals surface area contributed by atoms with E-state index in [1.54, 1.807) is 5.32 Å². The molecule has 1 amide bonds. The molecular formula is C5H3F3N2O3. The number of halogens is 3. The maximum atomic E-state index is 11.4. The van der Waals surface area contributed by atoms with Gasteiger partial charge in [0.05, 0.1) is 6.20 Å². The number of carbonyl (C=O) groups excluding carboxylic acids is 1. The Morgan fingerprint density at radius 2 is 2.31 bits per heavy atom. The van der Waals surface area contributed by atoms with Crippen LogP contribution in [0.1, 0.15) is 0 Å². The predicted octanol–water partition coefficient (Wildman–Crippen LogP) is 1.74. The fourth-order valence-electron chi connectivity index (χ4n) is 0.511. The summed E-state index contributed by atoms with van der Waals surface area (Å²) in [6.45, 7) is 0. The van der Waals surface area contributed by atoms with Crippen LogP contribution in [-0.4, -0.2) is 17.6 Å². The highest BCUT2D eigenvalue weighted by Crippen LogP contribution is 2.17. The SMILES string of the molecule is O=C(Nc1ccno1)OC(F)(F)F. The zero-order valence-electron chi connectivity index (χ0n) is 5.96. The van der Waals surface area contributed by atoms with Crippen LogP contribution in [-0.2, 0) is 4.74 Å². The first-order chi connectivity index (χ1) is 5.97. The van der Waals surface area contributed by atoms with Crippen LogP contribution in [0.15, 0.2) is 16.8 Å². The first-order valence-electron chi connectivity index (χ1n) is 2.95. The fraction of sp³-hybridized carbons (Fsp3) is 0.200. The largest absolute Gasteiger partial charge is 0.576 e. The molecule has 0 aliphatic rings. The number of ether oxygens (including phenoxy) is 1. The van der Waals surface area contributed by atoms with Gasteiger partial charge in [-0.3, -0.25) is 5.32 Å². The smallest absolute Gasteiger partial charge is 0.356 e. The highest BCUT2D eigenvalue weighted by Gasteiger charge is 2.34. The van der Waals surface area contributed by atoms with Crippen molar-refractivity contribution in [2.24, 2.45) is 0 Å². The van der Waals surface area contributed by atoms with Gasteiger partial charge in [0.15, 0.2) is 0 Å². The highest BCUT2D eigenvalue weighted by atomic mass is 19.4. The molecule has 0 spiro atoms. The third-order valence-corrected chi connectivity index (χ3v) is 0.872. The highest BCUT2D eigenvalue weighted by molar-refractivity contribution is 5.82. The molecule has 0 aromatic carbocycles. The van der Waals surface area contributed by atoms with Crippen LogP contribution < -0.4 is 5.32 Å². The van der Waals surface area contributed by atoms with Gasteiger partial charge in [-0.05, 0) is 0 Å². The van der Waals surface area contributed by atoms with Crippen molar-refractivity contribution in [3.8, 4) is 0 Å². The molecule has 13 heavy (non-hydrogen) atoms. The number of hydrogen-bond donors (Lipinski definition) is 1. The third-order valence-electron chi connectivity index (χ3n) is 0.872. The van der Waals surface area contributed by atoms with Crippen LogP contribution in [0.25, 0.3) is 0 Å². The summed E-state index contributed by atoms with van der Waals surface area (Å²) in [4.78, 5) is 10.4. The van der Waals surface area contributed by atoms with Crippen LogP contribution in [0.3, 0.4) is 0 Å². The van der Waals surface area contributed by atoms with Gasteiger partial charge in [0.2, 0.25) is 5.88 Å². The van der Waals surface area contributed by atoms with E-state index < -0.39 is 12.5 Å². The summed E-state index contributed by atoms with van der Waals surface area (Å²) < 4.78 is 41.5. The summed E-state index contributed by atoms with van der Waals surface area (Å²) in [7, 11) is 0. The minimum absolute atomic E-state index is 0.228. The summed E-state index contributed by atoms with van der Waals surface area (Å²) >= 11 is 0. The molecule has 0 saturated carbocycles. The molecule has 0 atom stereocenters. The Kier molecular flexibility index (Phi) is 2.40. The molecule has 0 saturated heterocycles. The molecular weight excluding hydrogens is 193 g/mol. The van der Waals surface area contributed by atoms with Crippen LogP contribution in [0.2, 0.25) is 0 Å². The standard InChI is InChI=1S/C5H3F3N2O3/c6-5(7,8)12-4(11)10-3-1-2-9-13-3/h1-2H,(H,10,11). The summed E-state index contributed by atoms with van der Waals surface area (Å²) in [5, 5.41) is 4.81. The van der Waals surface area contributed by atoms with E-state index in [9.17, 15) is 18.0 Å². The van der Waals surface area contributed by atoms with Crippen molar-refractivity contribution in [3.63, 3.8) is 0 Å². The van der Waals surface area contributed by atoms with Gasteiger partial charge in [-0.2, -0.15) is 0 Å². The van der Waals surface area contributed by atoms with Crippen LogP contribution in [0.5, 0.6) is 0 Å². The Hall–Kier alpha value is -1.73. The average Bonchev–Trinajstić information content (AvgIpc) is 2.34. The molecule has 5 nitrogen and oxygen atoms in total. The predicted molar refractivity (Wildman–Crippen MR) is 32.7 cm³/mol. The second kappa shape index (κ2) is 3.33. The van der Waals surface area contributed by atoms with Crippen LogP contribution >= 0.6 is 0 Å². The molecule has 1 rings (SSSR count). The number of carbonyl (C=O) groups is 1. The molecule has 72 valence electrons. The Morgan fingerprint density at radius 1 is 1.62 bits per heavy atom. The van der Waals surface area contributed by atoms with E-state index in [0.717, 1.165) is 12.3 Å². The normalized spacial score (nSPS) is 11.0. The van der Waals surface area contributed by atoms with E-state index in [1.807, 2.05) is 0 Å². The number of hydrogen-bond acceptors (Lipinski definition) is 4. The van der Waals surface area contributed by atoms with E-state index in [1.165, 1.54) is 0 Å². The number of alkyl halides is 3. The summed E-state index contributed by atoms with van der Waals surface area (Å²) in [5.41, 5.74) is 0. The molecule has 1 N–H and O–H groups in total. The van der Waals surface area contributed by atoms with Gasteiger partial charge in [-0.25, -0.2) is 4.79 Å². The van der Waals surface area contributed by atoms with Crippen LogP contribution in [0, 0.1) is 0 Å². The van der Waals surface area contributed by atoms with Crippen molar-refractivity contribution >= 4 is 12.0 Å². The molecule has 0 bridgehead atoms. The lowest BCUT2D eigenvalue weighted by molar-refractivity contribution is -0.289. The molecule has 1 aromatic heterocycles. The molecule has 1 aromatic rings. The molecule has 1 heterocycles. The van der Waals surface area contributed by atoms with E-state index in [4.69, 9.17) is 0 Å². The number of amides is 1. The Morgan fingerprint density at radius 3 is 2.77 bits per heavy atom. The summed E-state index contributed by atoms with van der Waals surface area (Å²) in [5.74, 6) is -0.228. The Balaban J connectivity index is 2.43. The fourth-order valence-corrected chi connectivity index (χ4v) is 0.511. The Bertz CT molecular complexity index is 282. The van der Waals surface area contributed by atoms with Crippen molar-refractivity contribution in [3.05, 3.63) is 12.3 Å². The Labute approximate surface area is 69.4 Å². The molecule has 0 fully saturated rings. The summed E-state index contributed by atoms with van der Waals surface area (Å²) in [6.07, 6.45) is -5.53. The van der Waals surface area contributed by atoms with Crippen molar-refractivity contribution in [1.29, 1.82) is 0 Å². The molecule has 0 unspecified atom stereocenters. The topological polar surface area (TPSA) is 64.4 Å². The van der Waals surface area contributed by atoms with Gasteiger partial charge < -0.3 is 9.26 Å². The van der Waals surface area contributed by atoms with Gasteiger partial charge in [0, 0.05) is 6.07 Å². The maximum absolute atomic E-state index is 11.4. The molecule has 0 aliphatic carbocycles. The number of rotatable bonds is 1. The minimum atomic E-state index is -5.01. The maximum Gasteiger partial charge on any atom is 0.576 e. The number of aromatic nitrogens is 1. The number of anilines is 1. The quantitative estimate of drug-likeness (QED) is 0.742. The van der Waals surface area contributed by atoms with Crippen molar-refractivity contribution in [1.82, 2.24) is 5.16 Å². The third kappa shape index (κ3) is 3.45. The van der Waals surface area contributed by atoms with E-state index in [0.29, 0.717) is 0 Å². The second-order valence-corrected chi connectivity index (χ2v) is 1.84. The van der Waals surface area contributed by atoms with Gasteiger partial charge in [-0.1, -0.05) is 5.16 Å². The molecule has 0 aliphatic heterocycles. The van der Waals surface area contributed by atoms with Gasteiger partial charge in [-0.15, -0.1) is 13.2 Å². The molecule has 8 heteroatoms. The van der Waals surface area contributed by atoms with E-state index in [-0.39, 0.29) is 5.88 Å². The van der Waals surface area contributed by atoms with Gasteiger partial charge in [0.25, 0.3) is 0 Å². The first-order valence-corrected chi connectivity index (χ1v) is 2.95. The molecule has 0 radical (unpaired) electrons. The number of nitrogens with one attached hydrogen (secondary N) is 1. The van der Waals surface area contributed by atoms with Crippen molar-refractivity contribution < 1.29 is 27.2 Å². The average molecular weight is 196 g/mol. The zero-order valence-corrected chi connectivity index (χ0v) is 5.96. The lowest BCUT2D eigenvalue weighted by atomic mass is 10.7. The second-order valence-electron chi connectivity index (χ2n) is 1.84. The van der Waals surface area contributed by atoms with Gasteiger partial charge >= 0.3 is 12.5 Å². The monoisotopic (exact) mass is 196 g/mol. The van der Waals surface area contributed by atoms with Crippen molar-refractivity contribution in [2.45, 2.75) is 6.36 Å². The van der Waals surface area contributed by atoms with E-state index in [2.05, 4.69) is 14.4 Å². The van der Waals surface area contributed by atoms with E-state index >= 15 is 0 Å². The first kappa shape index (κ1) is 9.36. The van der Waals surface area contributed by atoms with Crippen LogP contribution in [0.4, 0.5) is 23.8 Å². The summed E-state index contributed by atoms with van der Waals surface area (Å²) in [6, 6.07) is 1.16. The lowest BCUT2D eigenvalue weighted by Crippen LogP contribution is -2.23. The number of nitrogens with zero attached hydrogens (tertiary/aromatic N) is 1. The van der Waals surface area contributed by atoms with Gasteiger partial charge in [0.1, 0.15) is 0 Å². The minimum Gasteiger partial charge on any atom is -0.356 e. The lowest BCUT2D eigenvalue weighted by Gasteiger charge is -2.05. The zero-order chi connectivity index (χ0) is 9.90.